The predicted molar refractivity (Wildman–Crippen MR) is 91.9 cm³/mol. The van der Waals surface area contributed by atoms with E-state index in [9.17, 15) is 5.26 Å². The number of benzene rings is 1. The molecular formula is C19H29N3. The molecule has 1 saturated heterocycles. The van der Waals surface area contributed by atoms with Crippen molar-refractivity contribution in [1.82, 2.24) is 9.80 Å². The lowest BCUT2D eigenvalue weighted by atomic mass is 9.85. The Balaban J connectivity index is 2.11. The molecule has 0 amide bonds. The molecule has 2 rings (SSSR count). The van der Waals surface area contributed by atoms with Crippen LogP contribution in [-0.4, -0.2) is 48.6 Å². The molecule has 1 unspecified atom stereocenters. The second kappa shape index (κ2) is 6.40. The van der Waals surface area contributed by atoms with Gasteiger partial charge < -0.3 is 4.90 Å². The van der Waals surface area contributed by atoms with Gasteiger partial charge in [0.1, 0.15) is 5.54 Å². The number of rotatable bonds is 3. The average molecular weight is 299 g/mol. The van der Waals surface area contributed by atoms with Crippen molar-refractivity contribution >= 4 is 0 Å². The third kappa shape index (κ3) is 3.88. The molecule has 0 N–H and O–H groups in total. The van der Waals surface area contributed by atoms with Crippen LogP contribution in [0.5, 0.6) is 0 Å². The van der Waals surface area contributed by atoms with Gasteiger partial charge in [0.2, 0.25) is 0 Å². The molecule has 0 spiro atoms. The van der Waals surface area contributed by atoms with Crippen molar-refractivity contribution < 1.29 is 0 Å². The summed E-state index contributed by atoms with van der Waals surface area (Å²) in [5.74, 6) is 0. The lowest BCUT2D eigenvalue weighted by Crippen LogP contribution is -2.55. The van der Waals surface area contributed by atoms with Crippen LogP contribution in [0.2, 0.25) is 0 Å². The quantitative estimate of drug-likeness (QED) is 0.859. The van der Waals surface area contributed by atoms with Crippen LogP contribution < -0.4 is 0 Å². The van der Waals surface area contributed by atoms with Crippen molar-refractivity contribution in [1.29, 1.82) is 5.26 Å². The van der Waals surface area contributed by atoms with Crippen molar-refractivity contribution in [3.05, 3.63) is 35.4 Å². The monoisotopic (exact) mass is 299 g/mol. The first-order valence-electron chi connectivity index (χ1n) is 8.19. The number of hydrogen-bond acceptors (Lipinski definition) is 3. The highest BCUT2D eigenvalue weighted by atomic mass is 15.3. The molecule has 0 aliphatic carbocycles. The highest BCUT2D eigenvalue weighted by Crippen LogP contribution is 2.25. The lowest BCUT2D eigenvalue weighted by Gasteiger charge is -2.41. The minimum atomic E-state index is -0.412. The summed E-state index contributed by atoms with van der Waals surface area (Å²) in [5, 5.41) is 9.74. The molecule has 1 aliphatic rings. The van der Waals surface area contributed by atoms with Crippen molar-refractivity contribution in [2.45, 2.75) is 45.1 Å². The summed E-state index contributed by atoms with van der Waals surface area (Å²) in [6, 6.07) is 11.3. The van der Waals surface area contributed by atoms with Crippen molar-refractivity contribution in [2.24, 2.45) is 0 Å². The highest BCUT2D eigenvalue weighted by molar-refractivity contribution is 5.29. The lowest BCUT2D eigenvalue weighted by molar-refractivity contribution is 0.0835. The van der Waals surface area contributed by atoms with Crippen LogP contribution in [0, 0.1) is 11.3 Å². The Morgan fingerprint density at radius 1 is 1.00 bits per heavy atom. The zero-order valence-electron chi connectivity index (χ0n) is 14.7. The zero-order valence-corrected chi connectivity index (χ0v) is 14.7. The van der Waals surface area contributed by atoms with Crippen LogP contribution in [0.1, 0.15) is 38.8 Å². The van der Waals surface area contributed by atoms with Crippen LogP contribution >= 0.6 is 0 Å². The van der Waals surface area contributed by atoms with Gasteiger partial charge in [-0.3, -0.25) is 4.90 Å². The van der Waals surface area contributed by atoms with E-state index in [1.54, 1.807) is 0 Å². The van der Waals surface area contributed by atoms with E-state index in [1.807, 2.05) is 0 Å². The molecule has 1 fully saturated rings. The largest absolute Gasteiger partial charge is 0.304 e. The zero-order chi connectivity index (χ0) is 16.4. The molecule has 22 heavy (non-hydrogen) atoms. The van der Waals surface area contributed by atoms with E-state index in [2.05, 4.69) is 74.9 Å². The van der Waals surface area contributed by atoms with Gasteiger partial charge >= 0.3 is 0 Å². The van der Waals surface area contributed by atoms with Gasteiger partial charge in [-0.15, -0.1) is 0 Å². The summed E-state index contributed by atoms with van der Waals surface area (Å²) in [6.07, 6.45) is 0.789. The molecule has 0 aromatic heterocycles. The van der Waals surface area contributed by atoms with Gasteiger partial charge in [0.15, 0.2) is 0 Å². The Morgan fingerprint density at radius 3 is 2.00 bits per heavy atom. The second-order valence-corrected chi connectivity index (χ2v) is 7.80. The van der Waals surface area contributed by atoms with Gasteiger partial charge in [-0.2, -0.15) is 5.26 Å². The normalized spacial score (nSPS) is 20.4. The number of hydrogen-bond donors (Lipinski definition) is 0. The van der Waals surface area contributed by atoms with Crippen LogP contribution in [0.15, 0.2) is 24.3 Å². The molecule has 3 heteroatoms. The van der Waals surface area contributed by atoms with E-state index in [4.69, 9.17) is 0 Å². The predicted octanol–water partition coefficient (Wildman–Crippen LogP) is 3.06. The molecule has 3 nitrogen and oxygen atoms in total. The molecule has 0 saturated carbocycles. The fraction of sp³-hybridized carbons (Fsp3) is 0.632. The Bertz CT molecular complexity index is 527. The summed E-state index contributed by atoms with van der Waals surface area (Å²) in [5.41, 5.74) is 2.35. The standard InChI is InChI=1S/C19H29N3/c1-18(2,3)17-8-6-16(7-9-17)14-19(4,15-20)22-12-10-21(5)11-13-22/h6-9H,10-14H2,1-5H3. The number of likely N-dealkylation sites (N-methyl/N-ethyl adjacent to an activating group) is 1. The molecule has 0 bridgehead atoms. The number of nitriles is 1. The van der Waals surface area contributed by atoms with Gasteiger partial charge in [0.05, 0.1) is 6.07 Å². The molecule has 0 radical (unpaired) electrons. The van der Waals surface area contributed by atoms with Crippen molar-refractivity contribution in [2.75, 3.05) is 33.2 Å². The minimum Gasteiger partial charge on any atom is -0.304 e. The molecule has 1 atom stereocenters. The summed E-state index contributed by atoms with van der Waals surface area (Å²) < 4.78 is 0. The number of piperazine rings is 1. The van der Waals surface area contributed by atoms with E-state index in [1.165, 1.54) is 11.1 Å². The Kier molecular flexibility index (Phi) is 4.94. The maximum atomic E-state index is 9.74. The van der Waals surface area contributed by atoms with Gasteiger partial charge in [-0.25, -0.2) is 0 Å². The third-order valence-corrected chi connectivity index (χ3v) is 4.81. The smallest absolute Gasteiger partial charge is 0.110 e. The van der Waals surface area contributed by atoms with Crippen molar-refractivity contribution in [3.63, 3.8) is 0 Å². The fourth-order valence-corrected chi connectivity index (χ4v) is 3.04. The average Bonchev–Trinajstić information content (AvgIpc) is 2.47. The summed E-state index contributed by atoms with van der Waals surface area (Å²) in [6.45, 7) is 12.8. The summed E-state index contributed by atoms with van der Waals surface area (Å²) >= 11 is 0. The molecular weight excluding hydrogens is 270 g/mol. The van der Waals surface area contributed by atoms with E-state index < -0.39 is 5.54 Å². The highest BCUT2D eigenvalue weighted by Gasteiger charge is 2.33. The Hall–Kier alpha value is -1.37. The van der Waals surface area contributed by atoms with Crippen LogP contribution in [0.3, 0.4) is 0 Å². The minimum absolute atomic E-state index is 0.175. The Labute approximate surface area is 135 Å². The van der Waals surface area contributed by atoms with E-state index in [0.29, 0.717) is 0 Å². The van der Waals surface area contributed by atoms with Crippen LogP contribution in [0.4, 0.5) is 0 Å². The molecule has 1 heterocycles. The second-order valence-electron chi connectivity index (χ2n) is 7.80. The van der Waals surface area contributed by atoms with Gasteiger partial charge in [-0.1, -0.05) is 45.0 Å². The molecule has 120 valence electrons. The third-order valence-electron chi connectivity index (χ3n) is 4.81. The fourth-order valence-electron chi connectivity index (χ4n) is 3.04. The summed E-state index contributed by atoms with van der Waals surface area (Å²) in [7, 11) is 2.15. The topological polar surface area (TPSA) is 30.3 Å². The van der Waals surface area contributed by atoms with Crippen molar-refractivity contribution in [3.8, 4) is 6.07 Å². The van der Waals surface area contributed by atoms with E-state index in [-0.39, 0.29) is 5.41 Å². The number of nitrogens with zero attached hydrogens (tertiary/aromatic N) is 3. The first-order valence-corrected chi connectivity index (χ1v) is 8.19. The van der Waals surface area contributed by atoms with E-state index >= 15 is 0 Å². The molecule has 1 aromatic rings. The van der Waals surface area contributed by atoms with E-state index in [0.717, 1.165) is 32.6 Å². The van der Waals surface area contributed by atoms with Gasteiger partial charge in [0, 0.05) is 32.6 Å². The van der Waals surface area contributed by atoms with Crippen LogP contribution in [0.25, 0.3) is 0 Å². The Morgan fingerprint density at radius 2 is 1.55 bits per heavy atom. The first-order chi connectivity index (χ1) is 10.2. The van der Waals surface area contributed by atoms with Gasteiger partial charge in [0.25, 0.3) is 0 Å². The van der Waals surface area contributed by atoms with Gasteiger partial charge in [-0.05, 0) is 30.5 Å². The summed E-state index contributed by atoms with van der Waals surface area (Å²) in [4.78, 5) is 4.66. The first kappa shape index (κ1) is 17.0. The molecule has 1 aliphatic heterocycles. The van der Waals surface area contributed by atoms with Crippen LogP contribution in [-0.2, 0) is 11.8 Å². The SMILES string of the molecule is CN1CCN(C(C)(C#N)Cc2ccc(C(C)(C)C)cc2)CC1. The maximum Gasteiger partial charge on any atom is 0.110 e. The maximum absolute atomic E-state index is 9.74. The molecule has 1 aromatic carbocycles.